The predicted molar refractivity (Wildman–Crippen MR) is 101 cm³/mol. The number of nitrogens with zero attached hydrogens (tertiary/aromatic N) is 2. The Labute approximate surface area is 152 Å². The van der Waals surface area contributed by atoms with Crippen molar-refractivity contribution in [1.29, 1.82) is 0 Å². The normalized spacial score (nSPS) is 45.9. The van der Waals surface area contributed by atoms with Gasteiger partial charge in [0.25, 0.3) is 0 Å². The van der Waals surface area contributed by atoms with Gasteiger partial charge in [0.1, 0.15) is 5.82 Å². The minimum Gasteiger partial charge on any atom is -0.241 e. The van der Waals surface area contributed by atoms with Crippen molar-refractivity contribution < 1.29 is 0 Å². The monoisotopic (exact) mass is 336 g/mol. The summed E-state index contributed by atoms with van der Waals surface area (Å²) in [4.78, 5) is 9.32. The van der Waals surface area contributed by atoms with Crippen LogP contribution in [0.5, 0.6) is 0 Å². The molecule has 4 aliphatic carbocycles. The topological polar surface area (TPSA) is 25.8 Å². The van der Waals surface area contributed by atoms with Crippen molar-refractivity contribution in [3.8, 4) is 0 Å². The van der Waals surface area contributed by atoms with E-state index in [9.17, 15) is 0 Å². The lowest BCUT2D eigenvalue weighted by Crippen LogP contribution is -2.49. The molecule has 0 aromatic carbocycles. The van der Waals surface area contributed by atoms with Crippen molar-refractivity contribution in [1.82, 2.24) is 9.97 Å². The smallest absolute Gasteiger partial charge is 0.131 e. The molecule has 1 aromatic rings. The van der Waals surface area contributed by atoms with Crippen molar-refractivity contribution in [2.45, 2.75) is 77.6 Å². The summed E-state index contributed by atoms with van der Waals surface area (Å²) in [5.41, 5.74) is 2.77. The SMILES string of the molecule is C[C@]12CC[C@H]3[C@@H](CCC4=CCCC[C@@]43C)[C@@H]1CC[C@@H]2c1ncccn1. The molecule has 2 heteroatoms. The van der Waals surface area contributed by atoms with Gasteiger partial charge in [0.2, 0.25) is 0 Å². The Balaban J connectivity index is 1.47. The summed E-state index contributed by atoms with van der Waals surface area (Å²) in [6, 6.07) is 1.95. The molecule has 0 N–H and O–H groups in total. The molecule has 5 rings (SSSR count). The quantitative estimate of drug-likeness (QED) is 0.595. The number of hydrogen-bond acceptors (Lipinski definition) is 2. The average molecular weight is 337 g/mol. The molecule has 6 atom stereocenters. The third-order valence-corrected chi connectivity index (χ3v) is 8.92. The van der Waals surface area contributed by atoms with Crippen molar-refractivity contribution in [2.75, 3.05) is 0 Å². The Hall–Kier alpha value is -1.18. The van der Waals surface area contributed by atoms with E-state index in [2.05, 4.69) is 29.9 Å². The number of rotatable bonds is 1. The van der Waals surface area contributed by atoms with E-state index in [1.807, 2.05) is 24.0 Å². The van der Waals surface area contributed by atoms with Crippen LogP contribution < -0.4 is 0 Å². The van der Waals surface area contributed by atoms with Gasteiger partial charge in [-0.25, -0.2) is 9.97 Å². The summed E-state index contributed by atoms with van der Waals surface area (Å²) in [5.74, 6) is 4.45. The van der Waals surface area contributed by atoms with Gasteiger partial charge in [-0.15, -0.1) is 0 Å². The molecule has 0 unspecified atom stereocenters. The molecule has 0 saturated heterocycles. The zero-order valence-corrected chi connectivity index (χ0v) is 15.9. The maximum absolute atomic E-state index is 4.66. The van der Waals surface area contributed by atoms with Crippen LogP contribution in [0.15, 0.2) is 30.1 Å². The van der Waals surface area contributed by atoms with Gasteiger partial charge < -0.3 is 0 Å². The van der Waals surface area contributed by atoms with E-state index in [4.69, 9.17) is 0 Å². The van der Waals surface area contributed by atoms with Crippen molar-refractivity contribution in [2.24, 2.45) is 28.6 Å². The molecule has 0 aliphatic heterocycles. The van der Waals surface area contributed by atoms with Gasteiger partial charge >= 0.3 is 0 Å². The van der Waals surface area contributed by atoms with E-state index >= 15 is 0 Å². The minimum absolute atomic E-state index is 0.425. The Kier molecular flexibility index (Phi) is 3.63. The van der Waals surface area contributed by atoms with Crippen LogP contribution in [0.4, 0.5) is 0 Å². The Bertz CT molecular complexity index is 681. The van der Waals surface area contributed by atoms with Gasteiger partial charge in [-0.05, 0) is 92.4 Å². The zero-order chi connectivity index (χ0) is 17.1. The average Bonchev–Trinajstić information content (AvgIpc) is 2.99. The van der Waals surface area contributed by atoms with Crippen molar-refractivity contribution in [3.63, 3.8) is 0 Å². The zero-order valence-electron chi connectivity index (χ0n) is 15.9. The number of hydrogen-bond donors (Lipinski definition) is 0. The van der Waals surface area contributed by atoms with Gasteiger partial charge in [0.15, 0.2) is 0 Å². The molecular formula is C23H32N2. The maximum Gasteiger partial charge on any atom is 0.131 e. The first-order chi connectivity index (χ1) is 12.1. The van der Waals surface area contributed by atoms with Crippen LogP contribution in [0.2, 0.25) is 0 Å². The van der Waals surface area contributed by atoms with E-state index in [0.717, 1.165) is 23.6 Å². The summed E-state index contributed by atoms with van der Waals surface area (Å²) < 4.78 is 0. The second-order valence-electron chi connectivity index (χ2n) is 9.74. The summed E-state index contributed by atoms with van der Waals surface area (Å²) >= 11 is 0. The molecule has 0 radical (unpaired) electrons. The molecule has 2 nitrogen and oxygen atoms in total. The van der Waals surface area contributed by atoms with Crippen molar-refractivity contribution in [3.05, 3.63) is 35.9 Å². The number of allylic oxidation sites excluding steroid dienone is 2. The maximum atomic E-state index is 4.66. The molecule has 0 amide bonds. The van der Waals surface area contributed by atoms with Gasteiger partial charge in [-0.1, -0.05) is 25.5 Å². The van der Waals surface area contributed by atoms with E-state index in [1.54, 1.807) is 0 Å². The van der Waals surface area contributed by atoms with Crippen LogP contribution in [-0.2, 0) is 0 Å². The Morgan fingerprint density at radius 1 is 0.960 bits per heavy atom. The minimum atomic E-state index is 0.425. The molecule has 25 heavy (non-hydrogen) atoms. The van der Waals surface area contributed by atoms with Crippen molar-refractivity contribution >= 4 is 0 Å². The third-order valence-electron chi connectivity index (χ3n) is 8.92. The van der Waals surface area contributed by atoms with E-state index in [-0.39, 0.29) is 0 Å². The fraction of sp³-hybridized carbons (Fsp3) is 0.739. The van der Waals surface area contributed by atoms with Gasteiger partial charge in [0.05, 0.1) is 0 Å². The standard InChI is InChI=1S/C23H32N2/c1-22-12-4-3-6-16(22)7-8-17-18-9-10-20(21-24-14-5-15-25-21)23(18,2)13-11-19(17)22/h5-6,14-15,17-20H,3-4,7-13H2,1-2H3/t17-,18-,19-,20+,22-,23-/m0/s1. The highest BCUT2D eigenvalue weighted by Gasteiger charge is 2.59. The highest BCUT2D eigenvalue weighted by molar-refractivity contribution is 5.24. The van der Waals surface area contributed by atoms with E-state index < -0.39 is 0 Å². The van der Waals surface area contributed by atoms with Crippen LogP contribution in [0.1, 0.15) is 83.4 Å². The molecule has 0 bridgehead atoms. The summed E-state index contributed by atoms with van der Waals surface area (Å²) in [7, 11) is 0. The fourth-order valence-corrected chi connectivity index (χ4v) is 7.67. The number of aromatic nitrogens is 2. The lowest BCUT2D eigenvalue weighted by molar-refractivity contribution is -0.0422. The highest BCUT2D eigenvalue weighted by Crippen LogP contribution is 2.68. The summed E-state index contributed by atoms with van der Waals surface area (Å²) in [6.07, 6.45) is 19.0. The highest BCUT2D eigenvalue weighted by atomic mass is 14.9. The van der Waals surface area contributed by atoms with Gasteiger partial charge in [-0.3, -0.25) is 0 Å². The summed E-state index contributed by atoms with van der Waals surface area (Å²) in [5, 5.41) is 0. The predicted octanol–water partition coefficient (Wildman–Crippen LogP) is 5.91. The van der Waals surface area contributed by atoms with Crippen LogP contribution in [-0.4, -0.2) is 9.97 Å². The Morgan fingerprint density at radius 2 is 1.80 bits per heavy atom. The molecule has 1 heterocycles. The number of fused-ring (bicyclic) bond motifs is 5. The molecule has 1 aromatic heterocycles. The molecule has 3 fully saturated rings. The lowest BCUT2D eigenvalue weighted by Gasteiger charge is -2.58. The second kappa shape index (κ2) is 5.66. The van der Waals surface area contributed by atoms with Crippen LogP contribution in [0.3, 0.4) is 0 Å². The summed E-state index contributed by atoms with van der Waals surface area (Å²) in [6.45, 7) is 5.20. The van der Waals surface area contributed by atoms with Crippen LogP contribution in [0.25, 0.3) is 0 Å². The molecule has 0 spiro atoms. The first kappa shape index (κ1) is 16.0. The fourth-order valence-electron chi connectivity index (χ4n) is 7.67. The molecule has 134 valence electrons. The van der Waals surface area contributed by atoms with Crippen LogP contribution in [0, 0.1) is 28.6 Å². The lowest BCUT2D eigenvalue weighted by atomic mass is 9.47. The Morgan fingerprint density at radius 3 is 2.64 bits per heavy atom. The molecular weight excluding hydrogens is 304 g/mol. The largest absolute Gasteiger partial charge is 0.241 e. The van der Waals surface area contributed by atoms with Crippen LogP contribution >= 0.6 is 0 Å². The first-order valence-electron chi connectivity index (χ1n) is 10.6. The van der Waals surface area contributed by atoms with E-state index in [0.29, 0.717) is 16.7 Å². The third kappa shape index (κ3) is 2.22. The molecule has 4 aliphatic rings. The molecule has 3 saturated carbocycles. The van der Waals surface area contributed by atoms with E-state index in [1.165, 1.54) is 57.8 Å². The van der Waals surface area contributed by atoms with Gasteiger partial charge in [-0.2, -0.15) is 0 Å². The second-order valence-corrected chi connectivity index (χ2v) is 9.74. The van der Waals surface area contributed by atoms with Gasteiger partial charge in [0, 0.05) is 18.3 Å². The first-order valence-corrected chi connectivity index (χ1v) is 10.6.